The molecule has 0 unspecified atom stereocenters. The molecular formula is C15H17F3N2S. The van der Waals surface area contributed by atoms with Gasteiger partial charge in [-0.1, -0.05) is 18.2 Å². The smallest absolute Gasteiger partial charge is 0.314 e. The summed E-state index contributed by atoms with van der Waals surface area (Å²) >= 11 is 1.52. The number of hydrogen-bond acceptors (Lipinski definition) is 3. The van der Waals surface area contributed by atoms with Crippen LogP contribution < -0.4 is 5.32 Å². The van der Waals surface area contributed by atoms with Crippen LogP contribution in [-0.2, 0) is 0 Å². The Bertz CT molecular complexity index is 602. The first-order valence-corrected chi connectivity index (χ1v) is 7.90. The summed E-state index contributed by atoms with van der Waals surface area (Å²) in [6.07, 6.45) is -4.94. The highest BCUT2D eigenvalue weighted by Gasteiger charge is 2.36. The largest absolute Gasteiger partial charge is 0.390 e. The third-order valence-electron chi connectivity index (χ3n) is 3.89. The monoisotopic (exact) mass is 314 g/mol. The summed E-state index contributed by atoms with van der Waals surface area (Å²) in [4.78, 5) is 1.96. The summed E-state index contributed by atoms with van der Waals surface area (Å²) in [5.74, 6) is 0. The van der Waals surface area contributed by atoms with Gasteiger partial charge in [-0.25, -0.2) is 0 Å². The van der Waals surface area contributed by atoms with E-state index in [9.17, 15) is 13.2 Å². The second-order valence-corrected chi connectivity index (χ2v) is 6.22. The third kappa shape index (κ3) is 3.39. The van der Waals surface area contributed by atoms with Crippen LogP contribution in [0.3, 0.4) is 0 Å². The molecule has 0 bridgehead atoms. The Balaban J connectivity index is 1.97. The molecule has 6 heteroatoms. The lowest BCUT2D eigenvalue weighted by Crippen LogP contribution is -2.46. The van der Waals surface area contributed by atoms with Gasteiger partial charge in [-0.15, -0.1) is 11.3 Å². The van der Waals surface area contributed by atoms with E-state index in [0.29, 0.717) is 13.1 Å². The number of alkyl halides is 3. The van der Waals surface area contributed by atoms with Crippen LogP contribution in [0.15, 0.2) is 29.6 Å². The fraction of sp³-hybridized carbons (Fsp3) is 0.467. The Labute approximate surface area is 125 Å². The average molecular weight is 314 g/mol. The standard InChI is InChI=1S/C15H17F3N2S/c16-15(17,18)9-13(20-7-5-19-6-8-20)12-10-21-14-4-2-1-3-11(12)14/h1-4,10,13,19H,5-9H2/t13-/m1/s1. The van der Waals surface area contributed by atoms with E-state index in [-0.39, 0.29) is 0 Å². The summed E-state index contributed by atoms with van der Waals surface area (Å²) in [5.41, 5.74) is 0.815. The SMILES string of the molecule is FC(F)(F)C[C@H](c1csc2ccccc12)N1CCNCC1. The summed E-state index contributed by atoms with van der Waals surface area (Å²) in [6, 6.07) is 7.12. The normalized spacial score (nSPS) is 19.0. The molecule has 1 saturated heterocycles. The van der Waals surface area contributed by atoms with Crippen molar-refractivity contribution in [2.24, 2.45) is 0 Å². The molecule has 1 N–H and O–H groups in total. The Morgan fingerprint density at radius 3 is 2.62 bits per heavy atom. The van der Waals surface area contributed by atoms with Crippen LogP contribution in [0.4, 0.5) is 13.2 Å². The van der Waals surface area contributed by atoms with Crippen LogP contribution >= 0.6 is 11.3 Å². The maximum atomic E-state index is 13.0. The minimum absolute atomic E-state index is 0.580. The van der Waals surface area contributed by atoms with Gasteiger partial charge >= 0.3 is 6.18 Å². The van der Waals surface area contributed by atoms with Crippen LogP contribution in [0.5, 0.6) is 0 Å². The van der Waals surface area contributed by atoms with Crippen molar-refractivity contribution < 1.29 is 13.2 Å². The molecule has 2 heterocycles. The van der Waals surface area contributed by atoms with E-state index in [1.54, 1.807) is 0 Å². The van der Waals surface area contributed by atoms with E-state index in [1.165, 1.54) is 11.3 Å². The Morgan fingerprint density at radius 2 is 1.90 bits per heavy atom. The Hall–Kier alpha value is -1.11. The number of rotatable bonds is 3. The zero-order valence-electron chi connectivity index (χ0n) is 11.5. The number of fused-ring (bicyclic) bond motifs is 1. The molecule has 1 aromatic carbocycles. The fourth-order valence-electron chi connectivity index (χ4n) is 2.91. The molecule has 0 amide bonds. The second kappa shape index (κ2) is 5.94. The van der Waals surface area contributed by atoms with Crippen molar-refractivity contribution in [3.63, 3.8) is 0 Å². The molecule has 2 aromatic rings. The van der Waals surface area contributed by atoms with Crippen LogP contribution in [0, 0.1) is 0 Å². The van der Waals surface area contributed by atoms with Gasteiger partial charge < -0.3 is 5.32 Å². The molecule has 0 saturated carbocycles. The van der Waals surface area contributed by atoms with Gasteiger partial charge in [0.15, 0.2) is 0 Å². The molecular weight excluding hydrogens is 297 g/mol. The van der Waals surface area contributed by atoms with Crippen LogP contribution in [-0.4, -0.2) is 37.3 Å². The molecule has 0 spiro atoms. The first kappa shape index (κ1) is 14.8. The summed E-state index contributed by atoms with van der Waals surface area (Å²) in [7, 11) is 0. The number of hydrogen-bond donors (Lipinski definition) is 1. The van der Waals surface area contributed by atoms with Gasteiger partial charge in [0.25, 0.3) is 0 Å². The van der Waals surface area contributed by atoms with Crippen LogP contribution in [0.1, 0.15) is 18.0 Å². The molecule has 114 valence electrons. The van der Waals surface area contributed by atoms with Crippen LogP contribution in [0.25, 0.3) is 10.1 Å². The topological polar surface area (TPSA) is 15.3 Å². The molecule has 21 heavy (non-hydrogen) atoms. The van der Waals surface area contributed by atoms with Crippen LogP contribution in [0.2, 0.25) is 0 Å². The molecule has 1 atom stereocenters. The van der Waals surface area contributed by atoms with E-state index in [2.05, 4.69) is 5.32 Å². The Morgan fingerprint density at radius 1 is 1.19 bits per heavy atom. The second-order valence-electron chi connectivity index (χ2n) is 5.31. The first-order valence-electron chi connectivity index (χ1n) is 7.02. The van der Waals surface area contributed by atoms with Gasteiger partial charge in [-0.3, -0.25) is 4.90 Å². The lowest BCUT2D eigenvalue weighted by atomic mass is 10.00. The van der Waals surface area contributed by atoms with E-state index in [4.69, 9.17) is 0 Å². The van der Waals surface area contributed by atoms with Gasteiger partial charge in [0, 0.05) is 36.9 Å². The molecule has 0 aliphatic carbocycles. The van der Waals surface area contributed by atoms with Gasteiger partial charge in [-0.05, 0) is 22.4 Å². The van der Waals surface area contributed by atoms with Crippen molar-refractivity contribution >= 4 is 21.4 Å². The zero-order chi connectivity index (χ0) is 14.9. The molecule has 2 nitrogen and oxygen atoms in total. The third-order valence-corrected chi connectivity index (χ3v) is 4.87. The predicted octanol–water partition coefficient (Wildman–Crippen LogP) is 3.80. The molecule has 0 radical (unpaired) electrons. The van der Waals surface area contributed by atoms with Crippen molar-refractivity contribution in [2.75, 3.05) is 26.2 Å². The maximum absolute atomic E-state index is 13.0. The number of benzene rings is 1. The summed E-state index contributed by atoms with van der Waals surface area (Å²) in [6.45, 7) is 2.81. The highest BCUT2D eigenvalue weighted by Crippen LogP contribution is 2.39. The predicted molar refractivity (Wildman–Crippen MR) is 79.7 cm³/mol. The van der Waals surface area contributed by atoms with Gasteiger partial charge in [0.2, 0.25) is 0 Å². The number of nitrogens with zero attached hydrogens (tertiary/aromatic N) is 1. The summed E-state index contributed by atoms with van der Waals surface area (Å²) < 4.78 is 40.1. The Kier molecular flexibility index (Phi) is 4.19. The van der Waals surface area contributed by atoms with E-state index in [0.717, 1.165) is 28.7 Å². The number of thiophene rings is 1. The number of nitrogens with one attached hydrogen (secondary N) is 1. The highest BCUT2D eigenvalue weighted by atomic mass is 32.1. The van der Waals surface area contributed by atoms with Gasteiger partial charge in [0.1, 0.15) is 0 Å². The van der Waals surface area contributed by atoms with Gasteiger partial charge in [-0.2, -0.15) is 13.2 Å². The maximum Gasteiger partial charge on any atom is 0.390 e. The minimum Gasteiger partial charge on any atom is -0.314 e. The zero-order valence-corrected chi connectivity index (χ0v) is 12.3. The highest BCUT2D eigenvalue weighted by molar-refractivity contribution is 7.17. The fourth-order valence-corrected chi connectivity index (χ4v) is 3.91. The van der Waals surface area contributed by atoms with Crippen molar-refractivity contribution in [2.45, 2.75) is 18.6 Å². The molecule has 3 rings (SSSR count). The van der Waals surface area contributed by atoms with E-state index >= 15 is 0 Å². The first-order chi connectivity index (χ1) is 10.0. The quantitative estimate of drug-likeness (QED) is 0.927. The lowest BCUT2D eigenvalue weighted by Gasteiger charge is -2.35. The molecule has 1 aliphatic rings. The average Bonchev–Trinajstić information content (AvgIpc) is 2.89. The van der Waals surface area contributed by atoms with Crippen molar-refractivity contribution in [1.82, 2.24) is 10.2 Å². The lowest BCUT2D eigenvalue weighted by molar-refractivity contribution is -0.148. The van der Waals surface area contributed by atoms with Crippen molar-refractivity contribution in [3.8, 4) is 0 Å². The molecule has 1 fully saturated rings. The summed E-state index contributed by atoms with van der Waals surface area (Å²) in [5, 5.41) is 6.04. The number of halogens is 3. The van der Waals surface area contributed by atoms with Crippen molar-refractivity contribution in [3.05, 3.63) is 35.2 Å². The molecule has 1 aliphatic heterocycles. The molecule has 1 aromatic heterocycles. The van der Waals surface area contributed by atoms with E-state index in [1.807, 2.05) is 34.5 Å². The minimum atomic E-state index is -4.15. The van der Waals surface area contributed by atoms with E-state index < -0.39 is 18.6 Å². The number of piperazine rings is 1. The van der Waals surface area contributed by atoms with Crippen molar-refractivity contribution in [1.29, 1.82) is 0 Å². The van der Waals surface area contributed by atoms with Gasteiger partial charge in [0.05, 0.1) is 6.42 Å².